The highest BCUT2D eigenvalue weighted by molar-refractivity contribution is 9.10. The number of pyridine rings is 1. The molecule has 3 nitrogen and oxygen atoms in total. The van der Waals surface area contributed by atoms with Crippen molar-refractivity contribution in [1.29, 1.82) is 0 Å². The average molecular weight is 297 g/mol. The highest BCUT2D eigenvalue weighted by Crippen LogP contribution is 2.30. The van der Waals surface area contributed by atoms with Crippen LogP contribution in [0.3, 0.4) is 0 Å². The lowest BCUT2D eigenvalue weighted by molar-refractivity contribution is -0.119. The van der Waals surface area contributed by atoms with Gasteiger partial charge in [-0.1, -0.05) is 12.8 Å². The van der Waals surface area contributed by atoms with Crippen molar-refractivity contribution in [3.05, 3.63) is 28.5 Å². The van der Waals surface area contributed by atoms with Crippen LogP contribution < -0.4 is 5.73 Å². The minimum absolute atomic E-state index is 0.217. The van der Waals surface area contributed by atoms with Crippen molar-refractivity contribution >= 4 is 21.7 Å². The molecule has 0 saturated heterocycles. The number of Topliss-reactive ketones (excluding diaryl/α,β-unsaturated/α-hetero) is 1. The normalized spacial score (nSPS) is 18.2. The molecule has 1 aromatic rings. The second-order valence-electron chi connectivity index (χ2n) is 4.97. The molecule has 92 valence electrons. The summed E-state index contributed by atoms with van der Waals surface area (Å²) in [5.74, 6) is 0.217. The minimum Gasteiger partial charge on any atom is -0.325 e. The van der Waals surface area contributed by atoms with Gasteiger partial charge in [0.15, 0.2) is 0 Å². The third kappa shape index (κ3) is 3.61. The number of rotatable bonds is 4. The van der Waals surface area contributed by atoms with Gasteiger partial charge in [-0.3, -0.25) is 9.78 Å². The summed E-state index contributed by atoms with van der Waals surface area (Å²) in [6.45, 7) is 0. The summed E-state index contributed by atoms with van der Waals surface area (Å²) in [4.78, 5) is 16.0. The first-order valence-corrected chi connectivity index (χ1v) is 6.77. The Kier molecular flexibility index (Phi) is 3.94. The molecule has 0 amide bonds. The molecule has 1 aliphatic carbocycles. The molecule has 1 fully saturated rings. The second-order valence-corrected chi connectivity index (χ2v) is 5.89. The number of carbonyl (C=O) groups excluding carboxylic acids is 1. The number of hydrogen-bond acceptors (Lipinski definition) is 3. The SMILES string of the molecule is NC1(CC(=O)Cc2cncc(Br)c2)CCCC1. The topological polar surface area (TPSA) is 56.0 Å². The number of halogens is 1. The summed E-state index contributed by atoms with van der Waals surface area (Å²) in [5, 5.41) is 0. The smallest absolute Gasteiger partial charge is 0.139 e. The number of carbonyl (C=O) groups is 1. The van der Waals surface area contributed by atoms with Gasteiger partial charge in [0.1, 0.15) is 5.78 Å². The molecule has 17 heavy (non-hydrogen) atoms. The Morgan fingerprint density at radius 3 is 2.76 bits per heavy atom. The summed E-state index contributed by atoms with van der Waals surface area (Å²) < 4.78 is 0.908. The molecule has 0 atom stereocenters. The molecule has 0 bridgehead atoms. The lowest BCUT2D eigenvalue weighted by atomic mass is 9.90. The molecule has 1 heterocycles. The zero-order chi connectivity index (χ0) is 12.3. The molecular formula is C13H17BrN2O. The molecule has 0 radical (unpaired) electrons. The summed E-state index contributed by atoms with van der Waals surface area (Å²) in [6.07, 6.45) is 8.66. The van der Waals surface area contributed by atoms with Crippen molar-refractivity contribution < 1.29 is 4.79 Å². The number of nitrogens with two attached hydrogens (primary N) is 1. The Morgan fingerprint density at radius 1 is 1.41 bits per heavy atom. The largest absolute Gasteiger partial charge is 0.325 e. The highest BCUT2D eigenvalue weighted by atomic mass is 79.9. The van der Waals surface area contributed by atoms with E-state index in [2.05, 4.69) is 20.9 Å². The molecule has 1 saturated carbocycles. The number of hydrogen-bond donors (Lipinski definition) is 1. The van der Waals surface area contributed by atoms with Gasteiger partial charge in [0, 0.05) is 35.2 Å². The van der Waals surface area contributed by atoms with Crippen LogP contribution in [0.5, 0.6) is 0 Å². The molecule has 4 heteroatoms. The van der Waals surface area contributed by atoms with E-state index in [9.17, 15) is 4.79 Å². The first-order chi connectivity index (χ1) is 8.07. The van der Waals surface area contributed by atoms with E-state index in [0.717, 1.165) is 35.7 Å². The molecular weight excluding hydrogens is 280 g/mol. The summed E-state index contributed by atoms with van der Waals surface area (Å²) in [7, 11) is 0. The van der Waals surface area contributed by atoms with Crippen LogP contribution in [0.2, 0.25) is 0 Å². The van der Waals surface area contributed by atoms with Gasteiger partial charge in [0.25, 0.3) is 0 Å². The van der Waals surface area contributed by atoms with Crippen molar-refractivity contribution in [2.45, 2.75) is 44.1 Å². The van der Waals surface area contributed by atoms with Crippen LogP contribution in [0.1, 0.15) is 37.7 Å². The zero-order valence-electron chi connectivity index (χ0n) is 9.79. The Balaban J connectivity index is 1.93. The lowest BCUT2D eigenvalue weighted by Gasteiger charge is -2.22. The standard InChI is InChI=1S/C13H17BrN2O/c14-11-5-10(8-16-9-11)6-12(17)7-13(15)3-1-2-4-13/h5,8-9H,1-4,6-7,15H2. The summed E-state index contributed by atoms with van der Waals surface area (Å²) in [5.41, 5.74) is 6.91. The van der Waals surface area contributed by atoms with Crippen LogP contribution in [0.25, 0.3) is 0 Å². The van der Waals surface area contributed by atoms with Crippen molar-refractivity contribution in [1.82, 2.24) is 4.98 Å². The van der Waals surface area contributed by atoms with Crippen molar-refractivity contribution in [2.75, 3.05) is 0 Å². The molecule has 0 spiro atoms. The van der Waals surface area contributed by atoms with Crippen LogP contribution in [-0.4, -0.2) is 16.3 Å². The van der Waals surface area contributed by atoms with Crippen LogP contribution in [-0.2, 0) is 11.2 Å². The van der Waals surface area contributed by atoms with Crippen molar-refractivity contribution in [3.8, 4) is 0 Å². The lowest BCUT2D eigenvalue weighted by Crippen LogP contribution is -2.39. The molecule has 1 aromatic heterocycles. The van der Waals surface area contributed by atoms with Gasteiger partial charge in [-0.05, 0) is 40.4 Å². The van der Waals surface area contributed by atoms with Gasteiger partial charge >= 0.3 is 0 Å². The summed E-state index contributed by atoms with van der Waals surface area (Å²) in [6, 6.07) is 1.93. The third-order valence-corrected chi connectivity index (χ3v) is 3.75. The maximum atomic E-state index is 12.0. The van der Waals surface area contributed by atoms with E-state index >= 15 is 0 Å². The van der Waals surface area contributed by atoms with Crippen LogP contribution in [0, 0.1) is 0 Å². The van der Waals surface area contributed by atoms with Gasteiger partial charge in [0.2, 0.25) is 0 Å². The van der Waals surface area contributed by atoms with Gasteiger partial charge in [-0.2, -0.15) is 0 Å². The van der Waals surface area contributed by atoms with E-state index in [1.54, 1.807) is 12.4 Å². The minimum atomic E-state index is -0.240. The van der Waals surface area contributed by atoms with E-state index < -0.39 is 0 Å². The molecule has 0 aromatic carbocycles. The Labute approximate surface area is 110 Å². The molecule has 0 unspecified atom stereocenters. The van der Waals surface area contributed by atoms with Crippen molar-refractivity contribution in [2.24, 2.45) is 5.73 Å². The molecule has 0 aliphatic heterocycles. The first kappa shape index (κ1) is 12.7. The van der Waals surface area contributed by atoms with E-state index in [4.69, 9.17) is 5.73 Å². The van der Waals surface area contributed by atoms with Crippen molar-refractivity contribution in [3.63, 3.8) is 0 Å². The van der Waals surface area contributed by atoms with E-state index in [1.807, 2.05) is 6.07 Å². The predicted octanol–water partition coefficient (Wildman–Crippen LogP) is 2.62. The highest BCUT2D eigenvalue weighted by Gasteiger charge is 2.31. The Morgan fingerprint density at radius 2 is 2.12 bits per heavy atom. The van der Waals surface area contributed by atoms with Gasteiger partial charge in [0.05, 0.1) is 0 Å². The Bertz CT molecular complexity index is 414. The first-order valence-electron chi connectivity index (χ1n) is 5.97. The number of aromatic nitrogens is 1. The maximum Gasteiger partial charge on any atom is 0.139 e. The molecule has 1 aliphatic rings. The van der Waals surface area contributed by atoms with E-state index in [0.29, 0.717) is 12.8 Å². The zero-order valence-corrected chi connectivity index (χ0v) is 11.4. The van der Waals surface area contributed by atoms with Crippen LogP contribution >= 0.6 is 15.9 Å². The average Bonchev–Trinajstić information content (AvgIpc) is 2.64. The van der Waals surface area contributed by atoms with Crippen LogP contribution in [0.4, 0.5) is 0 Å². The van der Waals surface area contributed by atoms with E-state index in [-0.39, 0.29) is 11.3 Å². The predicted molar refractivity (Wildman–Crippen MR) is 70.7 cm³/mol. The van der Waals surface area contributed by atoms with E-state index in [1.165, 1.54) is 0 Å². The van der Waals surface area contributed by atoms with Gasteiger partial charge in [-0.25, -0.2) is 0 Å². The molecule has 2 N–H and O–H groups in total. The van der Waals surface area contributed by atoms with Gasteiger partial charge < -0.3 is 5.73 Å². The quantitative estimate of drug-likeness (QED) is 0.929. The Hall–Kier alpha value is -0.740. The molecule has 2 rings (SSSR count). The number of nitrogens with zero attached hydrogens (tertiary/aromatic N) is 1. The number of ketones is 1. The maximum absolute atomic E-state index is 12.0. The third-order valence-electron chi connectivity index (χ3n) is 3.31. The fraction of sp³-hybridized carbons (Fsp3) is 0.538. The van der Waals surface area contributed by atoms with Gasteiger partial charge in [-0.15, -0.1) is 0 Å². The van der Waals surface area contributed by atoms with Crippen LogP contribution in [0.15, 0.2) is 22.9 Å². The fourth-order valence-corrected chi connectivity index (χ4v) is 2.90. The monoisotopic (exact) mass is 296 g/mol. The summed E-state index contributed by atoms with van der Waals surface area (Å²) >= 11 is 3.35. The second kappa shape index (κ2) is 5.27. The fourth-order valence-electron chi connectivity index (χ4n) is 2.49.